The Morgan fingerprint density at radius 2 is 2.08 bits per heavy atom. The average Bonchev–Trinajstić information content (AvgIpc) is 3.03. The Kier molecular flexibility index (Phi) is 4.40. The molecule has 0 spiro atoms. The van der Waals surface area contributed by atoms with E-state index in [9.17, 15) is 4.79 Å². The summed E-state index contributed by atoms with van der Waals surface area (Å²) in [5, 5.41) is 4.29. The number of imidazole rings is 1. The molecule has 4 rings (SSSR count). The quantitative estimate of drug-likeness (QED) is 0.795. The molecule has 0 aliphatic heterocycles. The van der Waals surface area contributed by atoms with Crippen LogP contribution >= 0.6 is 11.8 Å². The third-order valence-electron chi connectivity index (χ3n) is 6.42. The van der Waals surface area contributed by atoms with Crippen molar-refractivity contribution in [3.05, 3.63) is 11.4 Å². The van der Waals surface area contributed by atoms with Gasteiger partial charge in [0.05, 0.1) is 11.4 Å². The summed E-state index contributed by atoms with van der Waals surface area (Å²) in [7, 11) is 0. The molecule has 3 aliphatic carbocycles. The number of aromatic nitrogens is 2. The van der Waals surface area contributed by atoms with Crippen molar-refractivity contribution in [2.24, 2.45) is 17.8 Å². The molecule has 24 heavy (non-hydrogen) atoms. The predicted octanol–water partition coefficient (Wildman–Crippen LogP) is 3.87. The van der Waals surface area contributed by atoms with Crippen LogP contribution in [0.15, 0.2) is 5.16 Å². The molecule has 1 heterocycles. The Hall–Kier alpha value is -0.970. The first-order valence-corrected chi connectivity index (χ1v) is 10.5. The molecule has 0 radical (unpaired) electrons. The maximum Gasteiger partial charge on any atom is 0.230 e. The Labute approximate surface area is 149 Å². The van der Waals surface area contributed by atoms with Crippen LogP contribution in [-0.2, 0) is 4.79 Å². The number of nitrogens with zero attached hydrogens (tertiary/aromatic N) is 2. The number of aryl methyl sites for hydroxylation is 1. The Balaban J connectivity index is 1.31. The summed E-state index contributed by atoms with van der Waals surface area (Å²) in [6, 6.07) is 0.935. The number of carbonyl (C=O) groups is 1. The summed E-state index contributed by atoms with van der Waals surface area (Å²) in [6.45, 7) is 6.41. The maximum absolute atomic E-state index is 12.4. The third-order valence-corrected chi connectivity index (χ3v) is 7.38. The Bertz CT molecular complexity index is 637. The number of nitrogens with one attached hydrogen (secondary N) is 1. The molecule has 3 aliphatic rings. The van der Waals surface area contributed by atoms with Crippen LogP contribution in [0.5, 0.6) is 0 Å². The van der Waals surface area contributed by atoms with Gasteiger partial charge in [-0.25, -0.2) is 4.98 Å². The van der Waals surface area contributed by atoms with E-state index in [-0.39, 0.29) is 5.91 Å². The molecule has 2 bridgehead atoms. The van der Waals surface area contributed by atoms with Gasteiger partial charge in [-0.2, -0.15) is 0 Å². The van der Waals surface area contributed by atoms with Crippen LogP contribution in [-0.4, -0.2) is 27.3 Å². The molecule has 0 aromatic carbocycles. The molecule has 1 N–H and O–H groups in total. The van der Waals surface area contributed by atoms with Crippen LogP contribution in [0.3, 0.4) is 0 Å². The third kappa shape index (κ3) is 3.12. The lowest BCUT2D eigenvalue weighted by atomic mass is 9.84. The molecule has 1 aromatic rings. The fraction of sp³-hybridized carbons (Fsp3) is 0.789. The van der Waals surface area contributed by atoms with Gasteiger partial charge in [0, 0.05) is 17.8 Å². The topological polar surface area (TPSA) is 46.9 Å². The van der Waals surface area contributed by atoms with Crippen LogP contribution in [0.2, 0.25) is 0 Å². The van der Waals surface area contributed by atoms with Crippen LogP contribution in [0.1, 0.15) is 62.9 Å². The zero-order valence-electron chi connectivity index (χ0n) is 15.0. The second kappa shape index (κ2) is 6.40. The van der Waals surface area contributed by atoms with E-state index in [4.69, 9.17) is 0 Å². The van der Waals surface area contributed by atoms with Crippen molar-refractivity contribution in [1.82, 2.24) is 14.9 Å². The van der Waals surface area contributed by atoms with E-state index < -0.39 is 0 Å². The zero-order valence-corrected chi connectivity index (χ0v) is 15.9. The highest BCUT2D eigenvalue weighted by Crippen LogP contribution is 2.49. The van der Waals surface area contributed by atoms with Gasteiger partial charge < -0.3 is 9.88 Å². The van der Waals surface area contributed by atoms with Crippen LogP contribution < -0.4 is 5.32 Å². The largest absolute Gasteiger partial charge is 0.353 e. The van der Waals surface area contributed by atoms with E-state index in [2.05, 4.69) is 35.6 Å². The minimum atomic E-state index is 0.163. The molecule has 4 atom stereocenters. The molecule has 4 nitrogen and oxygen atoms in total. The summed E-state index contributed by atoms with van der Waals surface area (Å²) >= 11 is 1.60. The molecule has 0 unspecified atom stereocenters. The molecule has 1 amide bonds. The smallest absolute Gasteiger partial charge is 0.230 e. The van der Waals surface area contributed by atoms with Crippen LogP contribution in [0, 0.1) is 31.6 Å². The number of hydrogen-bond acceptors (Lipinski definition) is 3. The van der Waals surface area contributed by atoms with Crippen molar-refractivity contribution in [1.29, 1.82) is 0 Å². The number of hydrogen-bond donors (Lipinski definition) is 1. The molecule has 132 valence electrons. The summed E-state index contributed by atoms with van der Waals surface area (Å²) in [4.78, 5) is 17.1. The SMILES string of the molecule is Cc1nc(SCC(=O)N[C@@H](C)[C@@H]2C[C@H]3CC[C@H]2C3)n(C2CC2)c1C. The molecule has 0 saturated heterocycles. The van der Waals surface area contributed by atoms with Crippen molar-refractivity contribution < 1.29 is 4.79 Å². The first kappa shape index (κ1) is 16.5. The van der Waals surface area contributed by atoms with Gasteiger partial charge in [0.2, 0.25) is 5.91 Å². The van der Waals surface area contributed by atoms with Gasteiger partial charge in [0.25, 0.3) is 0 Å². The molecule has 1 aromatic heterocycles. The lowest BCUT2D eigenvalue weighted by Crippen LogP contribution is -2.40. The fourth-order valence-electron chi connectivity index (χ4n) is 4.90. The second-order valence-corrected chi connectivity index (χ2v) is 9.09. The molecule has 3 fully saturated rings. The van der Waals surface area contributed by atoms with Gasteiger partial charge in [-0.15, -0.1) is 0 Å². The predicted molar refractivity (Wildman–Crippen MR) is 97.2 cm³/mol. The van der Waals surface area contributed by atoms with Gasteiger partial charge in [-0.3, -0.25) is 4.79 Å². The second-order valence-electron chi connectivity index (χ2n) is 8.15. The number of fused-ring (bicyclic) bond motifs is 2. The van der Waals surface area contributed by atoms with E-state index in [1.807, 2.05) is 0 Å². The minimum absolute atomic E-state index is 0.163. The monoisotopic (exact) mass is 347 g/mol. The number of rotatable bonds is 6. The van der Waals surface area contributed by atoms with Crippen molar-refractivity contribution in [3.8, 4) is 0 Å². The number of amides is 1. The van der Waals surface area contributed by atoms with E-state index in [0.29, 0.717) is 23.8 Å². The maximum atomic E-state index is 12.4. The van der Waals surface area contributed by atoms with Crippen molar-refractivity contribution >= 4 is 17.7 Å². The summed E-state index contributed by atoms with van der Waals surface area (Å²) < 4.78 is 2.34. The summed E-state index contributed by atoms with van der Waals surface area (Å²) in [6.07, 6.45) is 8.01. The van der Waals surface area contributed by atoms with E-state index in [0.717, 1.165) is 22.7 Å². The van der Waals surface area contributed by atoms with E-state index in [1.165, 1.54) is 44.2 Å². The highest BCUT2D eigenvalue weighted by atomic mass is 32.2. The van der Waals surface area contributed by atoms with Gasteiger partial charge in [-0.1, -0.05) is 18.2 Å². The standard InChI is InChI=1S/C19H29N3OS/c1-11-13(3)22(16-6-7-16)19(21-11)24-10-18(23)20-12(2)17-9-14-4-5-15(17)8-14/h12,14-17H,4-10H2,1-3H3,(H,20,23)/t12-,14-,15-,17-/m0/s1. The summed E-state index contributed by atoms with van der Waals surface area (Å²) in [5.74, 6) is 3.14. The van der Waals surface area contributed by atoms with Crippen LogP contribution in [0.25, 0.3) is 0 Å². The first-order chi connectivity index (χ1) is 11.5. The van der Waals surface area contributed by atoms with Gasteiger partial charge in [0.1, 0.15) is 0 Å². The van der Waals surface area contributed by atoms with Gasteiger partial charge >= 0.3 is 0 Å². The van der Waals surface area contributed by atoms with Gasteiger partial charge in [-0.05, 0) is 70.6 Å². The number of carbonyl (C=O) groups excluding carboxylic acids is 1. The average molecular weight is 348 g/mol. The van der Waals surface area contributed by atoms with E-state index >= 15 is 0 Å². The van der Waals surface area contributed by atoms with Gasteiger partial charge in [0.15, 0.2) is 5.16 Å². The normalized spacial score (nSPS) is 29.9. The zero-order chi connectivity index (χ0) is 16.8. The lowest BCUT2D eigenvalue weighted by Gasteiger charge is -2.28. The Morgan fingerprint density at radius 1 is 1.29 bits per heavy atom. The highest BCUT2D eigenvalue weighted by Gasteiger charge is 2.42. The Morgan fingerprint density at radius 3 is 2.71 bits per heavy atom. The number of thioether (sulfide) groups is 1. The molecule has 5 heteroatoms. The minimum Gasteiger partial charge on any atom is -0.353 e. The molecular weight excluding hydrogens is 318 g/mol. The van der Waals surface area contributed by atoms with Crippen molar-refractivity contribution in [3.63, 3.8) is 0 Å². The fourth-order valence-corrected chi connectivity index (χ4v) is 5.87. The van der Waals surface area contributed by atoms with Crippen LogP contribution in [0.4, 0.5) is 0 Å². The molecular formula is C19H29N3OS. The van der Waals surface area contributed by atoms with E-state index in [1.54, 1.807) is 11.8 Å². The van der Waals surface area contributed by atoms with Crippen molar-refractivity contribution in [2.45, 2.75) is 76.5 Å². The molecule has 3 saturated carbocycles. The van der Waals surface area contributed by atoms with Crippen molar-refractivity contribution in [2.75, 3.05) is 5.75 Å². The summed E-state index contributed by atoms with van der Waals surface area (Å²) in [5.41, 5.74) is 2.36. The highest BCUT2D eigenvalue weighted by molar-refractivity contribution is 7.99. The lowest BCUT2D eigenvalue weighted by molar-refractivity contribution is -0.119. The first-order valence-electron chi connectivity index (χ1n) is 9.50.